The first kappa shape index (κ1) is 32.3. The van der Waals surface area contributed by atoms with E-state index in [4.69, 9.17) is 31.1 Å². The summed E-state index contributed by atoms with van der Waals surface area (Å²) in [6, 6.07) is 5.78. The number of nitrogens with zero attached hydrogens (tertiary/aromatic N) is 5. The molecule has 0 spiro atoms. The highest BCUT2D eigenvalue weighted by Crippen LogP contribution is 2.38. The fraction of sp³-hybridized carbons (Fsp3) is 0.550. The van der Waals surface area contributed by atoms with Crippen molar-refractivity contribution in [2.24, 2.45) is 5.92 Å². The average molecular weight is 735 g/mol. The Morgan fingerprint density at radius 1 is 0.902 bits per heavy atom. The number of aromatic nitrogens is 4. The van der Waals surface area contributed by atoms with Crippen LogP contribution in [0.15, 0.2) is 60.8 Å². The van der Waals surface area contributed by atoms with Gasteiger partial charge in [-0.3, -0.25) is 9.78 Å². The Bertz CT molecular complexity index is 1950. The third-order valence-corrected chi connectivity index (χ3v) is 12.4. The second-order valence-corrected chi connectivity index (χ2v) is 28.3. The summed E-state index contributed by atoms with van der Waals surface area (Å²) in [7, 11) is -2.64. The molecule has 0 bridgehead atoms. The lowest BCUT2D eigenvalue weighted by atomic mass is 9.80. The van der Waals surface area contributed by atoms with Crippen molar-refractivity contribution in [3.8, 4) is 22.4 Å². The van der Waals surface area contributed by atoms with E-state index in [2.05, 4.69) is 55.2 Å². The topological polar surface area (TPSA) is 91.1 Å². The number of carbonyl (C=O) groups is 1. The van der Waals surface area contributed by atoms with Gasteiger partial charge in [0.1, 0.15) is 24.9 Å². The van der Waals surface area contributed by atoms with Gasteiger partial charge >= 0.3 is 5.97 Å². The van der Waals surface area contributed by atoms with E-state index in [-0.39, 0.29) is 41.1 Å². The third-order valence-electron chi connectivity index (χ3n) is 9.00. The van der Waals surface area contributed by atoms with Crippen molar-refractivity contribution < 1.29 is 25.9 Å². The summed E-state index contributed by atoms with van der Waals surface area (Å²) in [5, 5.41) is 4.84. The van der Waals surface area contributed by atoms with Crippen LogP contribution in [0.1, 0.15) is 64.9 Å². The average Bonchev–Trinajstić information content (AvgIpc) is 3.55. The predicted octanol–water partition coefficient (Wildman–Crippen LogP) is 9.50. The number of ether oxygens (including phenoxy) is 3. The molecule has 11 heteroatoms. The van der Waals surface area contributed by atoms with E-state index in [1.807, 2.05) is 31.4 Å². The predicted molar refractivity (Wildman–Crippen MR) is 213 cm³/mol. The molecule has 9 nitrogen and oxygen atoms in total. The number of carbonyl (C=O) groups excluding carboxylic acids is 1. The minimum absolute atomic E-state index is 0.0472. The van der Waals surface area contributed by atoms with Crippen LogP contribution in [0.5, 0.6) is 0 Å². The van der Waals surface area contributed by atoms with Crippen molar-refractivity contribution in [2.75, 3.05) is 31.6 Å². The number of anilines is 1. The molecule has 1 fully saturated rings. The molecule has 0 atom stereocenters. The smallest absolute Gasteiger partial charge is 0.309 e. The van der Waals surface area contributed by atoms with E-state index in [1.165, 1.54) is 0 Å². The van der Waals surface area contributed by atoms with Crippen molar-refractivity contribution in [2.45, 2.75) is 109 Å². The van der Waals surface area contributed by atoms with E-state index in [0.717, 1.165) is 42.0 Å². The molecule has 276 valence electrons. The van der Waals surface area contributed by atoms with E-state index >= 15 is 0 Å². The largest absolute Gasteiger partial charge is 0.460 e. The summed E-state index contributed by atoms with van der Waals surface area (Å²) in [4.78, 5) is 24.9. The maximum Gasteiger partial charge on any atom is 0.309 e. The maximum absolute atomic E-state index is 13.0. The van der Waals surface area contributed by atoms with Crippen LogP contribution < -0.4 is 4.90 Å². The molecule has 51 heavy (non-hydrogen) atoms. The molecule has 1 aliphatic carbocycles. The van der Waals surface area contributed by atoms with Crippen LogP contribution in [-0.4, -0.2) is 74.0 Å². The number of benzene rings is 1. The fourth-order valence-electron chi connectivity index (χ4n) is 5.97. The zero-order chi connectivity index (χ0) is 41.2. The molecule has 0 amide bonds. The van der Waals surface area contributed by atoms with Gasteiger partial charge in [-0.15, -0.1) is 0 Å². The highest BCUT2D eigenvalue weighted by molar-refractivity contribution is 6.76. The fourth-order valence-corrected chi connectivity index (χ4v) is 7.48. The second kappa shape index (κ2) is 16.5. The summed E-state index contributed by atoms with van der Waals surface area (Å²) < 4.78 is 61.3. The first-order chi connectivity index (χ1) is 26.1. The third kappa shape index (κ3) is 11.3. The molecule has 1 aromatic carbocycles. The molecular weight excluding hydrogens is 671 g/mol. The molecule has 0 N–H and O–H groups in total. The number of esters is 1. The van der Waals surface area contributed by atoms with Gasteiger partial charge in [0.25, 0.3) is 0 Å². The first-order valence-electron chi connectivity index (χ1n) is 20.7. The summed E-state index contributed by atoms with van der Waals surface area (Å²) in [6.45, 7) is 21.6. The van der Waals surface area contributed by atoms with Crippen LogP contribution in [0.25, 0.3) is 28.0 Å². The highest BCUT2D eigenvalue weighted by atomic mass is 28.3. The van der Waals surface area contributed by atoms with Crippen molar-refractivity contribution in [3.63, 3.8) is 0 Å². The zero-order valence-corrected chi connectivity index (χ0v) is 34.0. The normalized spacial score (nSPS) is 18.5. The summed E-state index contributed by atoms with van der Waals surface area (Å²) in [5.74, 6) is 0.597. The SMILES string of the molecule is [2H]c1c([2H])c([2H])c(-c2ccc(-c3cnn4c(N(COCC[Si](C)(C)C)COCC[Si](C)(C)C)cc(C5CCC(C(=O)OC(C)(C)C)CC5)nc34)cn2)c([2H])c1[2H]. The molecule has 3 aromatic heterocycles. The van der Waals surface area contributed by atoms with Crippen molar-refractivity contribution in [1.29, 1.82) is 0 Å². The lowest BCUT2D eigenvalue weighted by molar-refractivity contribution is -0.161. The zero-order valence-electron chi connectivity index (χ0n) is 37.0. The molecule has 0 saturated heterocycles. The second-order valence-electron chi connectivity index (χ2n) is 17.1. The van der Waals surface area contributed by atoms with E-state index in [0.29, 0.717) is 50.7 Å². The van der Waals surface area contributed by atoms with Crippen LogP contribution in [0, 0.1) is 5.92 Å². The Morgan fingerprint density at radius 2 is 1.53 bits per heavy atom. The van der Waals surface area contributed by atoms with Gasteiger partial charge in [-0.05, 0) is 64.6 Å². The summed E-state index contributed by atoms with van der Waals surface area (Å²) >= 11 is 0. The Labute approximate surface area is 314 Å². The van der Waals surface area contributed by atoms with Gasteiger partial charge in [-0.2, -0.15) is 9.61 Å². The van der Waals surface area contributed by atoms with Crippen molar-refractivity contribution >= 4 is 33.6 Å². The van der Waals surface area contributed by atoms with E-state index in [1.54, 1.807) is 18.5 Å². The minimum Gasteiger partial charge on any atom is -0.460 e. The Balaban J connectivity index is 1.54. The van der Waals surface area contributed by atoms with E-state index < -0.39 is 39.9 Å². The molecule has 4 aromatic rings. The first-order valence-corrected chi connectivity index (χ1v) is 25.6. The molecule has 0 radical (unpaired) electrons. The summed E-state index contributed by atoms with van der Waals surface area (Å²) in [5.41, 5.74) is 2.75. The molecule has 1 saturated carbocycles. The monoisotopic (exact) mass is 734 g/mol. The van der Waals surface area contributed by atoms with Gasteiger partial charge in [-0.1, -0.05) is 75.6 Å². The number of rotatable bonds is 15. The maximum atomic E-state index is 13.0. The lowest BCUT2D eigenvalue weighted by Gasteiger charge is -2.31. The minimum atomic E-state index is -1.32. The van der Waals surface area contributed by atoms with Crippen LogP contribution >= 0.6 is 0 Å². The van der Waals surface area contributed by atoms with Crippen LogP contribution in [0.4, 0.5) is 5.82 Å². The Kier molecular flexibility index (Phi) is 10.5. The number of pyridine rings is 1. The Morgan fingerprint density at radius 3 is 2.08 bits per heavy atom. The standard InChI is InChI=1S/C40H59N5O4Si2/c1-40(2,3)49-39(46)32-17-15-31(16-18-32)36-25-37(44(28-47-21-23-50(4,5)6)29-48-22-24-51(7,8)9)45-38(43-36)34(27-42-45)33-19-20-35(41-26-33)30-13-11-10-12-14-30/h10-14,19-20,25-27,31-32H,15-18,21-24,28-29H2,1-9H3/i10D,11D,12D,13D,14D. The number of hydrogen-bond donors (Lipinski definition) is 0. The molecule has 3 heterocycles. The van der Waals surface area contributed by atoms with Crippen LogP contribution in [0.2, 0.25) is 51.4 Å². The number of hydrogen-bond acceptors (Lipinski definition) is 8. The summed E-state index contributed by atoms with van der Waals surface area (Å²) in [6.07, 6.45) is 6.36. The lowest BCUT2D eigenvalue weighted by Crippen LogP contribution is -2.33. The van der Waals surface area contributed by atoms with Crippen molar-refractivity contribution in [1.82, 2.24) is 19.6 Å². The van der Waals surface area contributed by atoms with Crippen LogP contribution in [0.3, 0.4) is 0 Å². The van der Waals surface area contributed by atoms with Crippen LogP contribution in [-0.2, 0) is 19.0 Å². The van der Waals surface area contributed by atoms with Gasteiger partial charge in [0.15, 0.2) is 5.65 Å². The molecule has 0 aliphatic heterocycles. The Hall–Kier alpha value is -3.39. The van der Waals surface area contributed by atoms with Crippen molar-refractivity contribution in [3.05, 3.63) is 66.5 Å². The quantitative estimate of drug-likeness (QED) is 0.0517. The molecule has 1 aliphatic rings. The molecule has 0 unspecified atom stereocenters. The number of fused-ring (bicyclic) bond motifs is 1. The van der Waals surface area contributed by atoms with Gasteiger partial charge in [0.05, 0.1) is 24.7 Å². The highest BCUT2D eigenvalue weighted by Gasteiger charge is 2.32. The van der Waals surface area contributed by atoms with Gasteiger partial charge in [-0.25, -0.2) is 4.98 Å². The van der Waals surface area contributed by atoms with E-state index in [9.17, 15) is 4.79 Å². The van der Waals surface area contributed by atoms with Gasteiger partial charge in [0.2, 0.25) is 0 Å². The molecular formula is C40H59N5O4Si2. The van der Waals surface area contributed by atoms with Gasteiger partial charge in [0, 0.05) is 69.9 Å². The van der Waals surface area contributed by atoms with Gasteiger partial charge < -0.3 is 19.1 Å². The molecule has 5 rings (SSSR count).